The van der Waals surface area contributed by atoms with Crippen LogP contribution in [0.5, 0.6) is 0 Å². The molecule has 1 unspecified atom stereocenters. The number of hydrogen-bond donors (Lipinski definition) is 1. The average Bonchev–Trinajstić information content (AvgIpc) is 1.98. The normalized spacial score (nSPS) is 13.7. The van der Waals surface area contributed by atoms with E-state index in [4.69, 9.17) is 5.11 Å². The zero-order chi connectivity index (χ0) is 10.4. The van der Waals surface area contributed by atoms with Crippen molar-refractivity contribution in [2.24, 2.45) is 5.92 Å². The molecule has 0 spiro atoms. The Morgan fingerprint density at radius 3 is 2.31 bits per heavy atom. The summed E-state index contributed by atoms with van der Waals surface area (Å²) in [5.41, 5.74) is 0. The van der Waals surface area contributed by atoms with E-state index >= 15 is 0 Å². The molecule has 0 amide bonds. The molecule has 0 saturated heterocycles. The van der Waals surface area contributed by atoms with Gasteiger partial charge in [-0.05, 0) is 39.8 Å². The second-order valence-electron chi connectivity index (χ2n) is 4.07. The van der Waals surface area contributed by atoms with E-state index in [2.05, 4.69) is 25.8 Å². The molecule has 1 atom stereocenters. The first kappa shape index (κ1) is 12.4. The summed E-state index contributed by atoms with van der Waals surface area (Å²) in [6.45, 7) is 7.25. The number of nitrogens with zero attached hydrogens (tertiary/aromatic N) is 1. The maximum Gasteiger partial charge on any atom is 0.303 e. The highest BCUT2D eigenvalue weighted by Crippen LogP contribution is 2.08. The lowest BCUT2D eigenvalue weighted by molar-refractivity contribution is -0.138. The summed E-state index contributed by atoms with van der Waals surface area (Å²) in [7, 11) is 2.07. The highest BCUT2D eigenvalue weighted by Gasteiger charge is 2.09. The summed E-state index contributed by atoms with van der Waals surface area (Å²) in [6.07, 6.45) is 1.24. The van der Waals surface area contributed by atoms with Crippen LogP contribution in [0.25, 0.3) is 0 Å². The Labute approximate surface area is 80.7 Å². The van der Waals surface area contributed by atoms with Crippen molar-refractivity contribution in [3.63, 3.8) is 0 Å². The van der Waals surface area contributed by atoms with Crippen LogP contribution in [0.2, 0.25) is 0 Å². The van der Waals surface area contributed by atoms with E-state index in [1.54, 1.807) is 0 Å². The minimum Gasteiger partial charge on any atom is -0.481 e. The van der Waals surface area contributed by atoms with E-state index in [0.29, 0.717) is 6.04 Å². The molecule has 0 fully saturated rings. The smallest absolute Gasteiger partial charge is 0.303 e. The van der Waals surface area contributed by atoms with Crippen LogP contribution in [-0.2, 0) is 4.79 Å². The fourth-order valence-electron chi connectivity index (χ4n) is 1.08. The SMILES string of the molecule is CC(CCN(C)C(C)C)CC(=O)O. The van der Waals surface area contributed by atoms with Crippen molar-refractivity contribution in [3.8, 4) is 0 Å². The zero-order valence-electron chi connectivity index (χ0n) is 9.08. The van der Waals surface area contributed by atoms with E-state index in [1.807, 2.05) is 6.92 Å². The van der Waals surface area contributed by atoms with Crippen molar-refractivity contribution in [1.29, 1.82) is 0 Å². The first-order valence-corrected chi connectivity index (χ1v) is 4.85. The van der Waals surface area contributed by atoms with Gasteiger partial charge < -0.3 is 10.0 Å². The van der Waals surface area contributed by atoms with Gasteiger partial charge in [0.25, 0.3) is 0 Å². The Hall–Kier alpha value is -0.570. The van der Waals surface area contributed by atoms with Gasteiger partial charge in [0.15, 0.2) is 0 Å². The standard InChI is InChI=1S/C10H21NO2/c1-8(2)11(4)6-5-9(3)7-10(12)13/h8-9H,5-7H2,1-4H3,(H,12,13). The fraction of sp³-hybridized carbons (Fsp3) is 0.900. The Balaban J connectivity index is 3.57. The third-order valence-corrected chi connectivity index (χ3v) is 2.38. The molecule has 78 valence electrons. The molecule has 0 heterocycles. The van der Waals surface area contributed by atoms with Crippen LogP contribution in [0, 0.1) is 5.92 Å². The van der Waals surface area contributed by atoms with Gasteiger partial charge in [0.1, 0.15) is 0 Å². The molecule has 3 heteroatoms. The maximum absolute atomic E-state index is 10.4. The molecule has 13 heavy (non-hydrogen) atoms. The fourth-order valence-corrected chi connectivity index (χ4v) is 1.08. The van der Waals surface area contributed by atoms with E-state index in [1.165, 1.54) is 0 Å². The molecule has 0 bridgehead atoms. The van der Waals surface area contributed by atoms with Crippen molar-refractivity contribution in [3.05, 3.63) is 0 Å². The summed E-state index contributed by atoms with van der Waals surface area (Å²) in [6, 6.07) is 0.539. The summed E-state index contributed by atoms with van der Waals surface area (Å²) < 4.78 is 0. The van der Waals surface area contributed by atoms with Gasteiger partial charge in [-0.3, -0.25) is 4.79 Å². The number of rotatable bonds is 6. The van der Waals surface area contributed by atoms with Crippen LogP contribution in [0.15, 0.2) is 0 Å². The Morgan fingerprint density at radius 1 is 1.38 bits per heavy atom. The summed E-state index contributed by atoms with van der Waals surface area (Å²) in [5.74, 6) is -0.418. The third kappa shape index (κ3) is 6.58. The topological polar surface area (TPSA) is 40.5 Å². The predicted octanol–water partition coefficient (Wildman–Crippen LogP) is 1.83. The maximum atomic E-state index is 10.4. The van der Waals surface area contributed by atoms with Gasteiger partial charge in [0.05, 0.1) is 0 Å². The molecule has 0 rings (SSSR count). The van der Waals surface area contributed by atoms with Crippen LogP contribution in [-0.4, -0.2) is 35.6 Å². The first-order chi connectivity index (χ1) is 5.93. The lowest BCUT2D eigenvalue weighted by atomic mass is 10.0. The number of carboxylic acid groups (broad SMARTS) is 1. The molecule has 1 N–H and O–H groups in total. The van der Waals surface area contributed by atoms with E-state index in [9.17, 15) is 4.79 Å². The highest BCUT2D eigenvalue weighted by molar-refractivity contribution is 5.66. The second kappa shape index (κ2) is 5.97. The molecule has 0 aromatic heterocycles. The van der Waals surface area contributed by atoms with Crippen molar-refractivity contribution in [2.75, 3.05) is 13.6 Å². The van der Waals surface area contributed by atoms with Crippen LogP contribution in [0.4, 0.5) is 0 Å². The molecule has 0 aromatic carbocycles. The third-order valence-electron chi connectivity index (χ3n) is 2.38. The Morgan fingerprint density at radius 2 is 1.92 bits per heavy atom. The van der Waals surface area contributed by atoms with Crippen molar-refractivity contribution < 1.29 is 9.90 Å². The predicted molar refractivity (Wildman–Crippen MR) is 53.8 cm³/mol. The van der Waals surface area contributed by atoms with Crippen LogP contribution in [0.1, 0.15) is 33.6 Å². The lowest BCUT2D eigenvalue weighted by Crippen LogP contribution is -2.28. The second-order valence-corrected chi connectivity index (χ2v) is 4.07. The number of carbonyl (C=O) groups is 1. The zero-order valence-corrected chi connectivity index (χ0v) is 9.08. The number of aliphatic carboxylic acids is 1. The quantitative estimate of drug-likeness (QED) is 0.689. The van der Waals surface area contributed by atoms with E-state index in [-0.39, 0.29) is 12.3 Å². The van der Waals surface area contributed by atoms with Crippen LogP contribution in [0.3, 0.4) is 0 Å². The van der Waals surface area contributed by atoms with Gasteiger partial charge in [-0.15, -0.1) is 0 Å². The van der Waals surface area contributed by atoms with Crippen molar-refractivity contribution >= 4 is 5.97 Å². The van der Waals surface area contributed by atoms with Gasteiger partial charge in [-0.25, -0.2) is 0 Å². The molecule has 0 aromatic rings. The van der Waals surface area contributed by atoms with Gasteiger partial charge >= 0.3 is 5.97 Å². The van der Waals surface area contributed by atoms with E-state index < -0.39 is 5.97 Å². The van der Waals surface area contributed by atoms with Crippen molar-refractivity contribution in [1.82, 2.24) is 4.90 Å². The van der Waals surface area contributed by atoms with Gasteiger partial charge in [0, 0.05) is 12.5 Å². The van der Waals surface area contributed by atoms with Gasteiger partial charge in [-0.1, -0.05) is 6.92 Å². The summed E-state index contributed by atoms with van der Waals surface area (Å²) in [5, 5.41) is 8.54. The Kier molecular flexibility index (Phi) is 5.71. The van der Waals surface area contributed by atoms with Crippen LogP contribution >= 0.6 is 0 Å². The Bertz CT molecular complexity index is 157. The molecular weight excluding hydrogens is 166 g/mol. The first-order valence-electron chi connectivity index (χ1n) is 4.85. The monoisotopic (exact) mass is 187 g/mol. The number of hydrogen-bond acceptors (Lipinski definition) is 2. The van der Waals surface area contributed by atoms with Gasteiger partial charge in [-0.2, -0.15) is 0 Å². The van der Waals surface area contributed by atoms with Crippen molar-refractivity contribution in [2.45, 2.75) is 39.7 Å². The molecule has 0 radical (unpaired) electrons. The molecule has 3 nitrogen and oxygen atoms in total. The molecule has 0 aliphatic carbocycles. The average molecular weight is 187 g/mol. The molecule has 0 saturated carbocycles. The molecule has 0 aliphatic rings. The summed E-state index contributed by atoms with van der Waals surface area (Å²) >= 11 is 0. The lowest BCUT2D eigenvalue weighted by Gasteiger charge is -2.22. The minimum atomic E-state index is -0.695. The molecular formula is C10H21NO2. The van der Waals surface area contributed by atoms with Crippen LogP contribution < -0.4 is 0 Å². The van der Waals surface area contributed by atoms with E-state index in [0.717, 1.165) is 13.0 Å². The highest BCUT2D eigenvalue weighted by atomic mass is 16.4. The minimum absolute atomic E-state index is 0.277. The molecule has 0 aliphatic heterocycles. The van der Waals surface area contributed by atoms with Gasteiger partial charge in [0.2, 0.25) is 0 Å². The number of carboxylic acids is 1. The summed E-state index contributed by atoms with van der Waals surface area (Å²) in [4.78, 5) is 12.6. The largest absolute Gasteiger partial charge is 0.481 e.